The minimum absolute atomic E-state index is 0.648. The van der Waals surface area contributed by atoms with E-state index < -0.39 is 0 Å². The van der Waals surface area contributed by atoms with Crippen LogP contribution in [0.4, 0.5) is 0 Å². The number of hydrogen-bond donors (Lipinski definition) is 0. The van der Waals surface area contributed by atoms with E-state index in [-0.39, 0.29) is 0 Å². The Morgan fingerprint density at radius 1 is 1.10 bits per heavy atom. The number of nitriles is 1. The molecule has 0 heterocycles. The zero-order chi connectivity index (χ0) is 14.2. The topological polar surface area (TPSA) is 23.8 Å². The molecule has 0 aliphatic heterocycles. The molecule has 0 unspecified atom stereocenters. The van der Waals surface area contributed by atoms with Crippen molar-refractivity contribution in [2.24, 2.45) is 11.8 Å². The van der Waals surface area contributed by atoms with Crippen LogP contribution in [-0.4, -0.2) is 0 Å². The van der Waals surface area contributed by atoms with Gasteiger partial charge in [0.05, 0.1) is 6.07 Å². The van der Waals surface area contributed by atoms with E-state index in [0.717, 1.165) is 12.3 Å². The summed E-state index contributed by atoms with van der Waals surface area (Å²) >= 11 is 0. The highest BCUT2D eigenvalue weighted by atomic mass is 14.3. The van der Waals surface area contributed by atoms with Gasteiger partial charge < -0.3 is 0 Å². The van der Waals surface area contributed by atoms with E-state index in [9.17, 15) is 0 Å². The van der Waals surface area contributed by atoms with Crippen molar-refractivity contribution in [3.05, 3.63) is 47.5 Å². The number of rotatable bonds is 5. The number of allylic oxidation sites excluding steroid dienone is 2. The average molecular weight is 267 g/mol. The quantitative estimate of drug-likeness (QED) is 0.683. The minimum atomic E-state index is 0.648. The molecule has 0 aromatic heterocycles. The van der Waals surface area contributed by atoms with Crippen molar-refractivity contribution in [3.63, 3.8) is 0 Å². The van der Waals surface area contributed by atoms with Crippen molar-refractivity contribution >= 4 is 0 Å². The van der Waals surface area contributed by atoms with E-state index in [0.29, 0.717) is 5.92 Å². The highest BCUT2D eigenvalue weighted by Crippen LogP contribution is 2.32. The maximum atomic E-state index is 8.56. The summed E-state index contributed by atoms with van der Waals surface area (Å²) in [6.45, 7) is 2.20. The summed E-state index contributed by atoms with van der Waals surface area (Å²) in [5.74, 6) is 1.53. The van der Waals surface area contributed by atoms with E-state index >= 15 is 0 Å². The molecular weight excluding hydrogens is 242 g/mol. The molecule has 0 amide bonds. The van der Waals surface area contributed by atoms with Crippen LogP contribution in [0.2, 0.25) is 0 Å². The average Bonchev–Trinajstić information content (AvgIpc) is 2.52. The van der Waals surface area contributed by atoms with Gasteiger partial charge in [0.15, 0.2) is 0 Å². The number of aryl methyl sites for hydroxylation is 2. The lowest BCUT2D eigenvalue weighted by Gasteiger charge is -2.26. The maximum Gasteiger partial charge on any atom is 0.0908 e. The monoisotopic (exact) mass is 267 g/mol. The molecule has 1 aromatic rings. The van der Waals surface area contributed by atoms with Crippen LogP contribution in [0.3, 0.4) is 0 Å². The Labute approximate surface area is 123 Å². The summed E-state index contributed by atoms with van der Waals surface area (Å²) < 4.78 is 0. The lowest BCUT2D eigenvalue weighted by Crippen LogP contribution is -2.13. The molecule has 20 heavy (non-hydrogen) atoms. The summed E-state index contributed by atoms with van der Waals surface area (Å²) in [4.78, 5) is 0. The van der Waals surface area contributed by atoms with Crippen molar-refractivity contribution in [1.29, 1.82) is 5.26 Å². The van der Waals surface area contributed by atoms with Gasteiger partial charge in [0, 0.05) is 6.08 Å². The fourth-order valence-electron chi connectivity index (χ4n) is 3.16. The molecule has 0 spiro atoms. The predicted octanol–water partition coefficient (Wildman–Crippen LogP) is 5.07. The smallest absolute Gasteiger partial charge is 0.0908 e. The molecule has 0 N–H and O–H groups in total. The van der Waals surface area contributed by atoms with Crippen LogP contribution in [0.1, 0.15) is 50.2 Å². The Hall–Kier alpha value is -1.55. The second kappa shape index (κ2) is 7.90. The summed E-state index contributed by atoms with van der Waals surface area (Å²) in [6, 6.07) is 11.2. The van der Waals surface area contributed by atoms with Gasteiger partial charge in [0.2, 0.25) is 0 Å². The van der Waals surface area contributed by atoms with Crippen molar-refractivity contribution in [2.45, 2.75) is 51.9 Å². The highest BCUT2D eigenvalue weighted by Gasteiger charge is 2.19. The van der Waals surface area contributed by atoms with Gasteiger partial charge in [0.1, 0.15) is 0 Å². The first-order valence-corrected chi connectivity index (χ1v) is 7.96. The lowest BCUT2D eigenvalue weighted by atomic mass is 9.79. The molecule has 1 saturated carbocycles. The Morgan fingerprint density at radius 2 is 1.75 bits per heavy atom. The summed E-state index contributed by atoms with van der Waals surface area (Å²) in [5.41, 5.74) is 2.91. The van der Waals surface area contributed by atoms with Gasteiger partial charge in [-0.3, -0.25) is 0 Å². The number of nitrogens with zero attached hydrogens (tertiary/aromatic N) is 1. The minimum Gasteiger partial charge on any atom is -0.193 e. The normalized spacial score (nSPS) is 22.8. The van der Waals surface area contributed by atoms with Gasteiger partial charge in [-0.05, 0) is 67.9 Å². The van der Waals surface area contributed by atoms with Gasteiger partial charge in [-0.1, -0.05) is 37.3 Å². The van der Waals surface area contributed by atoms with E-state index in [4.69, 9.17) is 5.26 Å². The summed E-state index contributed by atoms with van der Waals surface area (Å²) in [7, 11) is 0. The summed E-state index contributed by atoms with van der Waals surface area (Å²) in [6.07, 6.45) is 12.6. The van der Waals surface area contributed by atoms with Crippen LogP contribution in [-0.2, 0) is 12.8 Å². The van der Waals surface area contributed by atoms with E-state index in [1.807, 2.05) is 0 Å². The molecule has 1 aliphatic carbocycles. The molecule has 0 atom stereocenters. The number of benzene rings is 1. The molecule has 1 nitrogen and oxygen atoms in total. The van der Waals surface area contributed by atoms with Crippen molar-refractivity contribution < 1.29 is 0 Å². The maximum absolute atomic E-state index is 8.56. The fourth-order valence-corrected chi connectivity index (χ4v) is 3.16. The third-order valence-corrected chi connectivity index (χ3v) is 4.61. The molecule has 0 saturated heterocycles. The Bertz CT molecular complexity index is 456. The van der Waals surface area contributed by atoms with E-state index in [1.165, 1.54) is 49.7 Å². The first-order valence-electron chi connectivity index (χ1n) is 7.96. The van der Waals surface area contributed by atoms with Crippen LogP contribution in [0.5, 0.6) is 0 Å². The van der Waals surface area contributed by atoms with Gasteiger partial charge >= 0.3 is 0 Å². The van der Waals surface area contributed by atoms with Gasteiger partial charge in [-0.15, -0.1) is 0 Å². The summed E-state index contributed by atoms with van der Waals surface area (Å²) in [5, 5.41) is 8.56. The standard InChI is InChI=1S/C19H25N/c1-2-16-5-7-18(8-6-16)13-14-19-11-9-17(10-12-19)4-3-15-20/h3-8,17,19H,2,9-14H2,1H3. The van der Waals surface area contributed by atoms with Crippen LogP contribution in [0, 0.1) is 23.2 Å². The van der Waals surface area contributed by atoms with Crippen molar-refractivity contribution in [1.82, 2.24) is 0 Å². The molecule has 1 heteroatoms. The SMILES string of the molecule is CCc1ccc(CCC2CCC(C=CC#N)CC2)cc1. The van der Waals surface area contributed by atoms with Gasteiger partial charge in [0.25, 0.3) is 0 Å². The molecule has 1 fully saturated rings. The molecule has 2 rings (SSSR count). The Morgan fingerprint density at radius 3 is 2.35 bits per heavy atom. The first kappa shape index (κ1) is 14.9. The molecule has 1 aromatic carbocycles. The van der Waals surface area contributed by atoms with Crippen molar-refractivity contribution in [3.8, 4) is 6.07 Å². The molecular formula is C19H25N. The fraction of sp³-hybridized carbons (Fsp3) is 0.526. The molecule has 0 bridgehead atoms. The van der Waals surface area contributed by atoms with Gasteiger partial charge in [-0.2, -0.15) is 5.26 Å². The zero-order valence-electron chi connectivity index (χ0n) is 12.5. The Kier molecular flexibility index (Phi) is 5.87. The van der Waals surface area contributed by atoms with E-state index in [2.05, 4.69) is 43.3 Å². The van der Waals surface area contributed by atoms with Crippen molar-refractivity contribution in [2.75, 3.05) is 0 Å². The van der Waals surface area contributed by atoms with Crippen LogP contribution in [0.25, 0.3) is 0 Å². The predicted molar refractivity (Wildman–Crippen MR) is 84.3 cm³/mol. The first-order chi connectivity index (χ1) is 9.81. The molecule has 0 radical (unpaired) electrons. The Balaban J connectivity index is 1.73. The van der Waals surface area contributed by atoms with Crippen LogP contribution in [0.15, 0.2) is 36.4 Å². The highest BCUT2D eigenvalue weighted by molar-refractivity contribution is 5.22. The largest absolute Gasteiger partial charge is 0.193 e. The van der Waals surface area contributed by atoms with E-state index in [1.54, 1.807) is 6.08 Å². The molecule has 1 aliphatic rings. The number of hydrogen-bond acceptors (Lipinski definition) is 1. The zero-order valence-corrected chi connectivity index (χ0v) is 12.5. The third-order valence-electron chi connectivity index (χ3n) is 4.61. The second-order valence-corrected chi connectivity index (χ2v) is 5.98. The lowest BCUT2D eigenvalue weighted by molar-refractivity contribution is 0.296. The van der Waals surface area contributed by atoms with Crippen LogP contribution < -0.4 is 0 Å². The second-order valence-electron chi connectivity index (χ2n) is 5.98. The van der Waals surface area contributed by atoms with Gasteiger partial charge in [-0.25, -0.2) is 0 Å². The third kappa shape index (κ3) is 4.53. The van der Waals surface area contributed by atoms with Crippen LogP contribution >= 0.6 is 0 Å². The molecule has 106 valence electrons.